The van der Waals surface area contributed by atoms with Gasteiger partial charge in [0.1, 0.15) is 10.8 Å². The molecule has 1 N–H and O–H groups in total. The second-order valence-electron chi connectivity index (χ2n) is 3.29. The second-order valence-corrected chi connectivity index (χ2v) is 6.77. The fraction of sp³-hybridized carbons (Fsp3) is 0.0909. The molecule has 2 rings (SSSR count). The van der Waals surface area contributed by atoms with E-state index in [0.717, 1.165) is 14.2 Å². The number of thiazole rings is 1. The summed E-state index contributed by atoms with van der Waals surface area (Å²) in [6.07, 6.45) is 1.62. The summed E-state index contributed by atoms with van der Waals surface area (Å²) < 4.78 is 13.5. The summed E-state index contributed by atoms with van der Waals surface area (Å²) in [5, 5.41) is 3.40. The third-order valence-corrected chi connectivity index (χ3v) is 5.43. The first-order chi connectivity index (χ1) is 8.63. The molecule has 0 spiro atoms. The third-order valence-electron chi connectivity index (χ3n) is 1.81. The van der Waals surface area contributed by atoms with Gasteiger partial charge in [-0.05, 0) is 35.1 Å². The van der Waals surface area contributed by atoms with Gasteiger partial charge in [0.2, 0.25) is 5.91 Å². The normalized spacial score (nSPS) is 10.3. The maximum atomic E-state index is 12.7. The molecule has 0 saturated carbocycles. The summed E-state index contributed by atoms with van der Waals surface area (Å²) in [4.78, 5) is 16.0. The molecule has 1 amide bonds. The van der Waals surface area contributed by atoms with Crippen LogP contribution in [0.15, 0.2) is 39.7 Å². The highest BCUT2D eigenvalue weighted by Gasteiger charge is 2.05. The van der Waals surface area contributed by atoms with Crippen LogP contribution in [0.4, 0.5) is 9.39 Å². The minimum absolute atomic E-state index is 0.110. The van der Waals surface area contributed by atoms with Gasteiger partial charge in [-0.2, -0.15) is 0 Å². The highest BCUT2D eigenvalue weighted by atomic mass is 33.1. The van der Waals surface area contributed by atoms with E-state index in [0.29, 0.717) is 0 Å². The zero-order valence-electron chi connectivity index (χ0n) is 9.34. The first-order valence-electron chi connectivity index (χ1n) is 4.97. The van der Waals surface area contributed by atoms with E-state index in [1.54, 1.807) is 18.3 Å². The summed E-state index contributed by atoms with van der Waals surface area (Å²) in [5.74, 6) is -0.354. The van der Waals surface area contributed by atoms with Crippen LogP contribution in [0.5, 0.6) is 0 Å². The Morgan fingerprint density at radius 1 is 1.33 bits per heavy atom. The van der Waals surface area contributed by atoms with Gasteiger partial charge < -0.3 is 5.32 Å². The molecular weight excluding hydrogens is 291 g/mol. The molecule has 1 aromatic carbocycles. The molecule has 0 aliphatic carbocycles. The summed E-state index contributed by atoms with van der Waals surface area (Å²) in [7, 11) is 2.98. The van der Waals surface area contributed by atoms with Gasteiger partial charge in [-0.15, -0.1) is 0 Å². The number of aromatic nitrogens is 1. The zero-order valence-corrected chi connectivity index (χ0v) is 11.8. The number of hydrogen-bond donors (Lipinski definition) is 1. The van der Waals surface area contributed by atoms with E-state index in [1.165, 1.54) is 52.0 Å². The molecule has 94 valence electrons. The van der Waals surface area contributed by atoms with Crippen LogP contribution in [-0.4, -0.2) is 10.9 Å². The number of nitrogens with one attached hydrogen (secondary N) is 1. The van der Waals surface area contributed by atoms with Gasteiger partial charge in [0.05, 0.1) is 6.20 Å². The van der Waals surface area contributed by atoms with Crippen LogP contribution >= 0.6 is 32.9 Å². The first kappa shape index (κ1) is 13.4. The molecule has 0 atom stereocenters. The Morgan fingerprint density at radius 3 is 2.72 bits per heavy atom. The van der Waals surface area contributed by atoms with Gasteiger partial charge in [-0.1, -0.05) is 22.1 Å². The number of amides is 1. The molecule has 0 radical (unpaired) electrons. The van der Waals surface area contributed by atoms with Crippen LogP contribution in [-0.2, 0) is 4.79 Å². The number of benzene rings is 1. The first-order valence-corrected chi connectivity index (χ1v) is 7.93. The molecule has 0 aliphatic heterocycles. The zero-order chi connectivity index (χ0) is 13.0. The molecule has 2 aromatic rings. The lowest BCUT2D eigenvalue weighted by atomic mass is 10.4. The minimum atomic E-state index is -0.244. The molecule has 1 aromatic heterocycles. The Hall–Kier alpha value is -1.05. The van der Waals surface area contributed by atoms with Gasteiger partial charge in [0, 0.05) is 11.8 Å². The molecule has 7 heteroatoms. The van der Waals surface area contributed by atoms with E-state index < -0.39 is 0 Å². The number of carbonyl (C=O) groups excluding carboxylic acids is 1. The fourth-order valence-corrected chi connectivity index (χ4v) is 4.19. The van der Waals surface area contributed by atoms with Crippen molar-refractivity contribution in [2.45, 2.75) is 16.2 Å². The predicted molar refractivity (Wildman–Crippen MR) is 74.5 cm³/mol. The topological polar surface area (TPSA) is 42.0 Å². The van der Waals surface area contributed by atoms with E-state index in [2.05, 4.69) is 10.3 Å². The van der Waals surface area contributed by atoms with Crippen LogP contribution in [0.3, 0.4) is 0 Å². The smallest absolute Gasteiger partial charge is 0.221 e. The van der Waals surface area contributed by atoms with E-state index in [-0.39, 0.29) is 11.7 Å². The van der Waals surface area contributed by atoms with Crippen molar-refractivity contribution in [3.8, 4) is 0 Å². The number of hydrogen-bond acceptors (Lipinski definition) is 5. The van der Waals surface area contributed by atoms with Gasteiger partial charge >= 0.3 is 0 Å². The van der Waals surface area contributed by atoms with Crippen molar-refractivity contribution in [1.82, 2.24) is 4.98 Å². The average Bonchev–Trinajstić information content (AvgIpc) is 2.75. The Bertz CT molecular complexity index is 541. The quantitative estimate of drug-likeness (QED) is 0.865. The van der Waals surface area contributed by atoms with Crippen LogP contribution in [0, 0.1) is 5.82 Å². The number of rotatable bonds is 4. The van der Waals surface area contributed by atoms with Crippen molar-refractivity contribution in [3.05, 3.63) is 36.3 Å². The Labute approximate surface area is 116 Å². The standard InChI is InChI=1S/C11H9FN2OS3/c1-7(15)14-10-6-13-11(16-10)18-17-9-4-2-8(12)3-5-9/h2-6H,1H3,(H,14,15). The molecule has 0 fully saturated rings. The Balaban J connectivity index is 1.92. The molecule has 3 nitrogen and oxygen atoms in total. The summed E-state index contributed by atoms with van der Waals surface area (Å²) in [6, 6.07) is 6.28. The molecular formula is C11H9FN2OS3. The average molecular weight is 300 g/mol. The van der Waals surface area contributed by atoms with Crippen molar-refractivity contribution < 1.29 is 9.18 Å². The number of anilines is 1. The van der Waals surface area contributed by atoms with Gasteiger partial charge in [-0.3, -0.25) is 4.79 Å². The minimum Gasteiger partial charge on any atom is -0.317 e. The third kappa shape index (κ3) is 4.01. The molecule has 0 aliphatic rings. The molecule has 0 bridgehead atoms. The monoisotopic (exact) mass is 300 g/mol. The van der Waals surface area contributed by atoms with Crippen molar-refractivity contribution >= 4 is 43.8 Å². The lowest BCUT2D eigenvalue weighted by Gasteiger charge is -1.97. The number of halogens is 1. The second kappa shape index (κ2) is 6.21. The number of nitrogens with zero attached hydrogens (tertiary/aromatic N) is 1. The van der Waals surface area contributed by atoms with Crippen molar-refractivity contribution in [2.75, 3.05) is 5.32 Å². The molecule has 1 heterocycles. The molecule has 0 saturated heterocycles. The summed E-state index contributed by atoms with van der Waals surface area (Å²) >= 11 is 1.41. The van der Waals surface area contributed by atoms with Gasteiger partial charge in [0.15, 0.2) is 4.34 Å². The van der Waals surface area contributed by atoms with Crippen molar-refractivity contribution in [3.63, 3.8) is 0 Å². The maximum absolute atomic E-state index is 12.7. The Morgan fingerprint density at radius 2 is 2.06 bits per heavy atom. The SMILES string of the molecule is CC(=O)Nc1cnc(SSc2ccc(F)cc2)s1. The van der Waals surface area contributed by atoms with Crippen LogP contribution in [0.25, 0.3) is 0 Å². The summed E-state index contributed by atoms with van der Waals surface area (Å²) in [5.41, 5.74) is 0. The summed E-state index contributed by atoms with van der Waals surface area (Å²) in [6.45, 7) is 1.46. The lowest BCUT2D eigenvalue weighted by molar-refractivity contribution is -0.114. The van der Waals surface area contributed by atoms with Gasteiger partial charge in [-0.25, -0.2) is 9.37 Å². The van der Waals surface area contributed by atoms with Crippen LogP contribution in [0.2, 0.25) is 0 Å². The van der Waals surface area contributed by atoms with Crippen LogP contribution < -0.4 is 5.32 Å². The Kier molecular flexibility index (Phi) is 4.62. The predicted octanol–water partition coefficient (Wildman–Crippen LogP) is 4.04. The van der Waals surface area contributed by atoms with Crippen molar-refractivity contribution in [1.29, 1.82) is 0 Å². The highest BCUT2D eigenvalue weighted by Crippen LogP contribution is 2.40. The maximum Gasteiger partial charge on any atom is 0.221 e. The number of carbonyl (C=O) groups is 1. The molecule has 18 heavy (non-hydrogen) atoms. The van der Waals surface area contributed by atoms with Gasteiger partial charge in [0.25, 0.3) is 0 Å². The van der Waals surface area contributed by atoms with E-state index in [1.807, 2.05) is 0 Å². The van der Waals surface area contributed by atoms with E-state index >= 15 is 0 Å². The van der Waals surface area contributed by atoms with E-state index in [4.69, 9.17) is 0 Å². The fourth-order valence-electron chi connectivity index (χ4n) is 1.10. The molecule has 0 unspecified atom stereocenters. The van der Waals surface area contributed by atoms with E-state index in [9.17, 15) is 9.18 Å². The van der Waals surface area contributed by atoms with Crippen molar-refractivity contribution in [2.24, 2.45) is 0 Å². The lowest BCUT2D eigenvalue weighted by Crippen LogP contribution is -2.03. The highest BCUT2D eigenvalue weighted by molar-refractivity contribution is 8.77. The largest absolute Gasteiger partial charge is 0.317 e. The van der Waals surface area contributed by atoms with Crippen LogP contribution in [0.1, 0.15) is 6.92 Å².